The molecule has 0 aliphatic carbocycles. The molecule has 1 fully saturated rings. The zero-order valence-electron chi connectivity index (χ0n) is 11.7. The molecule has 1 unspecified atom stereocenters. The Hall–Kier alpha value is -1.55. The van der Waals surface area contributed by atoms with Crippen LogP contribution in [0.25, 0.3) is 0 Å². The molecule has 1 atom stereocenters. The van der Waals surface area contributed by atoms with Crippen molar-refractivity contribution in [2.24, 2.45) is 5.92 Å². The predicted molar refractivity (Wildman–Crippen MR) is 76.5 cm³/mol. The quantitative estimate of drug-likeness (QED) is 0.884. The highest BCUT2D eigenvalue weighted by Crippen LogP contribution is 2.19. The van der Waals surface area contributed by atoms with Gasteiger partial charge in [-0.15, -0.1) is 0 Å². The van der Waals surface area contributed by atoms with Crippen LogP contribution in [0.5, 0.6) is 0 Å². The fraction of sp³-hybridized carbons (Fsp3) is 0.533. The molecule has 19 heavy (non-hydrogen) atoms. The number of nitrogens with one attached hydrogen (secondary N) is 1. The molecule has 1 heterocycles. The number of rotatable bonds is 5. The van der Waals surface area contributed by atoms with Gasteiger partial charge in [-0.2, -0.15) is 0 Å². The maximum absolute atomic E-state index is 12.3. The lowest BCUT2D eigenvalue weighted by atomic mass is 10.1. The number of ether oxygens (including phenoxy) is 1. The van der Waals surface area contributed by atoms with E-state index in [0.717, 1.165) is 43.9 Å². The summed E-state index contributed by atoms with van der Waals surface area (Å²) < 4.78 is 5.16. The van der Waals surface area contributed by atoms with Crippen LogP contribution < -0.4 is 5.32 Å². The second-order valence-corrected chi connectivity index (χ2v) is 4.97. The van der Waals surface area contributed by atoms with E-state index in [-0.39, 0.29) is 5.91 Å². The van der Waals surface area contributed by atoms with Crippen LogP contribution in [-0.4, -0.2) is 44.2 Å². The monoisotopic (exact) mass is 262 g/mol. The number of likely N-dealkylation sites (tertiary alicyclic amines) is 1. The van der Waals surface area contributed by atoms with Crippen LogP contribution in [0, 0.1) is 5.92 Å². The fourth-order valence-electron chi connectivity index (χ4n) is 2.51. The van der Waals surface area contributed by atoms with E-state index in [1.165, 1.54) is 0 Å². The van der Waals surface area contributed by atoms with Crippen molar-refractivity contribution in [3.05, 3.63) is 29.8 Å². The van der Waals surface area contributed by atoms with Crippen LogP contribution in [0.1, 0.15) is 23.7 Å². The molecule has 1 amide bonds. The van der Waals surface area contributed by atoms with Crippen LogP contribution in [-0.2, 0) is 4.74 Å². The number of benzene rings is 1. The Bertz CT molecular complexity index is 417. The summed E-state index contributed by atoms with van der Waals surface area (Å²) in [5.74, 6) is 0.608. The standard InChI is InChI=1S/C15H22N2O2/c1-3-16-14-6-4-13(5-7-14)15(18)17-9-8-12(10-17)11-19-2/h4-7,12,16H,3,8-11H2,1-2H3. The fourth-order valence-corrected chi connectivity index (χ4v) is 2.51. The summed E-state index contributed by atoms with van der Waals surface area (Å²) in [5.41, 5.74) is 1.82. The van der Waals surface area contributed by atoms with Gasteiger partial charge in [-0.05, 0) is 37.6 Å². The third kappa shape index (κ3) is 3.47. The van der Waals surface area contributed by atoms with Crippen LogP contribution in [0.4, 0.5) is 5.69 Å². The van der Waals surface area contributed by atoms with Crippen molar-refractivity contribution in [1.82, 2.24) is 4.90 Å². The molecule has 104 valence electrons. The molecule has 4 heteroatoms. The second kappa shape index (κ2) is 6.57. The largest absolute Gasteiger partial charge is 0.385 e. The van der Waals surface area contributed by atoms with Gasteiger partial charge in [0.25, 0.3) is 5.91 Å². The molecule has 1 N–H and O–H groups in total. The van der Waals surface area contributed by atoms with Gasteiger partial charge in [0.05, 0.1) is 6.61 Å². The summed E-state index contributed by atoms with van der Waals surface area (Å²) in [7, 11) is 1.71. The van der Waals surface area contributed by atoms with Gasteiger partial charge in [-0.3, -0.25) is 4.79 Å². The normalized spacial score (nSPS) is 18.6. The van der Waals surface area contributed by atoms with Crippen molar-refractivity contribution < 1.29 is 9.53 Å². The minimum Gasteiger partial charge on any atom is -0.385 e. The molecular formula is C15H22N2O2. The number of nitrogens with zero attached hydrogens (tertiary/aromatic N) is 1. The number of methoxy groups -OCH3 is 1. The first-order chi connectivity index (χ1) is 9.24. The SMILES string of the molecule is CCNc1ccc(C(=O)N2CCC(COC)C2)cc1. The van der Waals surface area contributed by atoms with Gasteiger partial charge in [0.15, 0.2) is 0 Å². The van der Waals surface area contributed by atoms with Gasteiger partial charge in [0.1, 0.15) is 0 Å². The summed E-state index contributed by atoms with van der Waals surface area (Å²) in [6, 6.07) is 7.70. The van der Waals surface area contributed by atoms with E-state index in [1.807, 2.05) is 29.2 Å². The summed E-state index contributed by atoms with van der Waals surface area (Å²) in [6.07, 6.45) is 1.04. The molecule has 1 aliphatic heterocycles. The number of hydrogen-bond donors (Lipinski definition) is 1. The molecule has 0 spiro atoms. The average Bonchev–Trinajstić information content (AvgIpc) is 2.88. The Morgan fingerprint density at radius 1 is 1.42 bits per heavy atom. The van der Waals surface area contributed by atoms with Crippen molar-refractivity contribution >= 4 is 11.6 Å². The summed E-state index contributed by atoms with van der Waals surface area (Å²) in [4.78, 5) is 14.3. The van der Waals surface area contributed by atoms with E-state index in [1.54, 1.807) is 7.11 Å². The number of hydrogen-bond acceptors (Lipinski definition) is 3. The van der Waals surface area contributed by atoms with Gasteiger partial charge in [0.2, 0.25) is 0 Å². The highest BCUT2D eigenvalue weighted by molar-refractivity contribution is 5.94. The van der Waals surface area contributed by atoms with Crippen molar-refractivity contribution in [2.45, 2.75) is 13.3 Å². The van der Waals surface area contributed by atoms with Gasteiger partial charge < -0.3 is 15.0 Å². The number of anilines is 1. The highest BCUT2D eigenvalue weighted by atomic mass is 16.5. The van der Waals surface area contributed by atoms with Crippen LogP contribution >= 0.6 is 0 Å². The van der Waals surface area contributed by atoms with Gasteiger partial charge >= 0.3 is 0 Å². The van der Waals surface area contributed by atoms with Crippen molar-refractivity contribution in [1.29, 1.82) is 0 Å². The molecule has 1 aromatic carbocycles. The minimum atomic E-state index is 0.127. The molecule has 4 nitrogen and oxygen atoms in total. The molecule has 0 radical (unpaired) electrons. The molecule has 1 aliphatic rings. The Morgan fingerprint density at radius 3 is 2.79 bits per heavy atom. The van der Waals surface area contributed by atoms with E-state index in [0.29, 0.717) is 5.92 Å². The molecule has 2 rings (SSSR count). The van der Waals surface area contributed by atoms with E-state index in [4.69, 9.17) is 4.74 Å². The molecule has 0 bridgehead atoms. The molecule has 1 saturated heterocycles. The Morgan fingerprint density at radius 2 is 2.16 bits per heavy atom. The number of carbonyl (C=O) groups is 1. The maximum Gasteiger partial charge on any atom is 0.253 e. The van der Waals surface area contributed by atoms with Crippen LogP contribution in [0.15, 0.2) is 24.3 Å². The van der Waals surface area contributed by atoms with Crippen LogP contribution in [0.2, 0.25) is 0 Å². The smallest absolute Gasteiger partial charge is 0.253 e. The molecule has 0 aromatic heterocycles. The third-order valence-corrected chi connectivity index (χ3v) is 3.49. The highest BCUT2D eigenvalue weighted by Gasteiger charge is 2.26. The van der Waals surface area contributed by atoms with Crippen molar-refractivity contribution in [2.75, 3.05) is 38.7 Å². The predicted octanol–water partition coefficient (Wildman–Crippen LogP) is 2.23. The van der Waals surface area contributed by atoms with Gasteiger partial charge in [-0.25, -0.2) is 0 Å². The first-order valence-corrected chi connectivity index (χ1v) is 6.86. The maximum atomic E-state index is 12.3. The number of carbonyl (C=O) groups excluding carboxylic acids is 1. The van der Waals surface area contributed by atoms with Crippen molar-refractivity contribution in [3.8, 4) is 0 Å². The lowest BCUT2D eigenvalue weighted by Gasteiger charge is -2.16. The minimum absolute atomic E-state index is 0.127. The lowest BCUT2D eigenvalue weighted by Crippen LogP contribution is -2.29. The number of amides is 1. The topological polar surface area (TPSA) is 41.6 Å². The molecular weight excluding hydrogens is 240 g/mol. The summed E-state index contributed by atoms with van der Waals surface area (Å²) in [6.45, 7) is 5.32. The summed E-state index contributed by atoms with van der Waals surface area (Å²) >= 11 is 0. The van der Waals surface area contributed by atoms with Gasteiger partial charge in [-0.1, -0.05) is 0 Å². The van der Waals surface area contributed by atoms with E-state index in [2.05, 4.69) is 12.2 Å². The van der Waals surface area contributed by atoms with E-state index >= 15 is 0 Å². The Balaban J connectivity index is 1.96. The zero-order valence-corrected chi connectivity index (χ0v) is 11.7. The second-order valence-electron chi connectivity index (χ2n) is 4.97. The third-order valence-electron chi connectivity index (χ3n) is 3.49. The average molecular weight is 262 g/mol. The van der Waals surface area contributed by atoms with Crippen LogP contribution in [0.3, 0.4) is 0 Å². The lowest BCUT2D eigenvalue weighted by molar-refractivity contribution is 0.0775. The Labute approximate surface area is 114 Å². The Kier molecular flexibility index (Phi) is 4.80. The first kappa shape index (κ1) is 13.9. The molecule has 0 saturated carbocycles. The van der Waals surface area contributed by atoms with E-state index in [9.17, 15) is 4.79 Å². The van der Waals surface area contributed by atoms with Gasteiger partial charge in [0, 0.05) is 43.9 Å². The molecule has 1 aromatic rings. The zero-order chi connectivity index (χ0) is 13.7. The van der Waals surface area contributed by atoms with E-state index < -0.39 is 0 Å². The first-order valence-electron chi connectivity index (χ1n) is 6.86. The van der Waals surface area contributed by atoms with Crippen molar-refractivity contribution in [3.63, 3.8) is 0 Å². The summed E-state index contributed by atoms with van der Waals surface area (Å²) in [5, 5.41) is 3.23.